The minimum atomic E-state index is -0.0528. The number of rotatable bonds is 5. The third kappa shape index (κ3) is 5.34. The summed E-state index contributed by atoms with van der Waals surface area (Å²) in [7, 11) is 3.47. The van der Waals surface area contributed by atoms with E-state index in [2.05, 4.69) is 21.7 Å². The van der Waals surface area contributed by atoms with Crippen molar-refractivity contribution in [3.63, 3.8) is 0 Å². The van der Waals surface area contributed by atoms with Crippen molar-refractivity contribution in [3.8, 4) is 5.75 Å². The van der Waals surface area contributed by atoms with Gasteiger partial charge in [0.25, 0.3) is 0 Å². The average molecular weight is 442 g/mol. The van der Waals surface area contributed by atoms with Gasteiger partial charge in [0.1, 0.15) is 12.3 Å². The van der Waals surface area contributed by atoms with Crippen LogP contribution in [0.2, 0.25) is 0 Å². The van der Waals surface area contributed by atoms with Crippen molar-refractivity contribution in [2.75, 3.05) is 40.3 Å². The first kappa shape index (κ1) is 22.4. The average Bonchev–Trinajstić information content (AvgIpc) is 3.49. The van der Waals surface area contributed by atoms with Crippen molar-refractivity contribution in [1.82, 2.24) is 20.4 Å². The number of hydrogen-bond donors (Lipinski definition) is 2. The van der Waals surface area contributed by atoms with E-state index in [9.17, 15) is 9.59 Å². The number of carbonyl (C=O) groups is 2. The second-order valence-corrected chi connectivity index (χ2v) is 9.22. The predicted molar refractivity (Wildman–Crippen MR) is 124 cm³/mol. The molecule has 1 aliphatic carbocycles. The highest BCUT2D eigenvalue weighted by Gasteiger charge is 2.33. The second kappa shape index (κ2) is 10.2. The van der Waals surface area contributed by atoms with Crippen molar-refractivity contribution < 1.29 is 14.3 Å². The van der Waals surface area contributed by atoms with Gasteiger partial charge in [0.2, 0.25) is 11.8 Å². The Morgan fingerprint density at radius 1 is 1.12 bits per heavy atom. The molecule has 2 aliphatic heterocycles. The molecule has 1 saturated heterocycles. The lowest BCUT2D eigenvalue weighted by molar-refractivity contribution is -0.134. The fourth-order valence-corrected chi connectivity index (χ4v) is 4.78. The zero-order chi connectivity index (χ0) is 22.5. The summed E-state index contributed by atoms with van der Waals surface area (Å²) in [5.41, 5.74) is 1.09. The molecule has 2 unspecified atom stereocenters. The van der Waals surface area contributed by atoms with Gasteiger partial charge in [0, 0.05) is 51.1 Å². The fourth-order valence-electron chi connectivity index (χ4n) is 4.78. The topological polar surface area (TPSA) is 86.3 Å². The minimum Gasteiger partial charge on any atom is -0.493 e. The quantitative estimate of drug-likeness (QED) is 0.539. The largest absolute Gasteiger partial charge is 0.493 e. The highest BCUT2D eigenvalue weighted by Crippen LogP contribution is 2.31. The van der Waals surface area contributed by atoms with Gasteiger partial charge in [0.15, 0.2) is 5.96 Å². The molecular formula is C24H35N5O3. The number of aliphatic imine (C=N–C) groups is 1. The van der Waals surface area contributed by atoms with E-state index >= 15 is 0 Å². The summed E-state index contributed by atoms with van der Waals surface area (Å²) in [6, 6.07) is 8.19. The number of amides is 2. The molecule has 1 aromatic rings. The Bertz CT molecular complexity index is 850. The monoisotopic (exact) mass is 441 g/mol. The van der Waals surface area contributed by atoms with E-state index in [0.717, 1.165) is 43.5 Å². The van der Waals surface area contributed by atoms with Gasteiger partial charge in [-0.15, -0.1) is 0 Å². The highest BCUT2D eigenvalue weighted by atomic mass is 16.5. The Morgan fingerprint density at radius 3 is 2.69 bits per heavy atom. The molecule has 0 bridgehead atoms. The molecule has 1 aromatic carbocycles. The van der Waals surface area contributed by atoms with Crippen LogP contribution in [0.4, 0.5) is 0 Å². The molecule has 8 nitrogen and oxygen atoms in total. The van der Waals surface area contributed by atoms with Gasteiger partial charge in [-0.25, -0.2) is 4.99 Å². The Balaban J connectivity index is 1.43. The van der Waals surface area contributed by atoms with E-state index in [1.807, 2.05) is 23.1 Å². The molecule has 2 N–H and O–H groups in total. The van der Waals surface area contributed by atoms with E-state index in [-0.39, 0.29) is 30.5 Å². The number of guanidine groups is 1. The summed E-state index contributed by atoms with van der Waals surface area (Å²) in [6.45, 7) is 2.16. The van der Waals surface area contributed by atoms with E-state index in [4.69, 9.17) is 4.74 Å². The minimum absolute atomic E-state index is 0.0528. The van der Waals surface area contributed by atoms with Gasteiger partial charge in [-0.3, -0.25) is 9.59 Å². The smallest absolute Gasteiger partial charge is 0.243 e. The molecule has 0 spiro atoms. The molecule has 174 valence electrons. The normalized spacial score (nSPS) is 23.4. The highest BCUT2D eigenvalue weighted by molar-refractivity contribution is 5.85. The number of para-hydroxylation sites is 1. The van der Waals surface area contributed by atoms with E-state index in [0.29, 0.717) is 25.0 Å². The zero-order valence-corrected chi connectivity index (χ0v) is 19.2. The molecule has 2 fully saturated rings. The first-order valence-electron chi connectivity index (χ1n) is 11.8. The molecule has 32 heavy (non-hydrogen) atoms. The van der Waals surface area contributed by atoms with Crippen LogP contribution in [0.25, 0.3) is 0 Å². The van der Waals surface area contributed by atoms with Crippen molar-refractivity contribution in [2.24, 2.45) is 10.9 Å². The third-order valence-electron chi connectivity index (χ3n) is 6.69. The number of nitrogens with one attached hydrogen (secondary N) is 2. The number of hydrogen-bond acceptors (Lipinski definition) is 4. The van der Waals surface area contributed by atoms with E-state index < -0.39 is 0 Å². The molecule has 1 saturated carbocycles. The van der Waals surface area contributed by atoms with Crippen LogP contribution in [0, 0.1) is 5.92 Å². The van der Waals surface area contributed by atoms with E-state index in [1.54, 1.807) is 19.0 Å². The van der Waals surface area contributed by atoms with Crippen LogP contribution in [0.1, 0.15) is 50.1 Å². The van der Waals surface area contributed by atoms with Crippen LogP contribution < -0.4 is 15.4 Å². The van der Waals surface area contributed by atoms with Crippen LogP contribution >= 0.6 is 0 Å². The van der Waals surface area contributed by atoms with Crippen LogP contribution in [-0.4, -0.2) is 74.0 Å². The van der Waals surface area contributed by atoms with Gasteiger partial charge in [-0.1, -0.05) is 31.0 Å². The van der Waals surface area contributed by atoms with Crippen LogP contribution in [0.3, 0.4) is 0 Å². The summed E-state index contributed by atoms with van der Waals surface area (Å²) in [4.78, 5) is 33.1. The van der Waals surface area contributed by atoms with Crippen LogP contribution in [-0.2, 0) is 9.59 Å². The molecule has 4 rings (SSSR count). The zero-order valence-electron chi connectivity index (χ0n) is 19.2. The van der Waals surface area contributed by atoms with Gasteiger partial charge < -0.3 is 25.2 Å². The van der Waals surface area contributed by atoms with Crippen molar-refractivity contribution in [3.05, 3.63) is 29.8 Å². The molecule has 2 atom stereocenters. The van der Waals surface area contributed by atoms with Crippen LogP contribution in [0.15, 0.2) is 29.3 Å². The maximum Gasteiger partial charge on any atom is 0.243 e. The Kier molecular flexibility index (Phi) is 7.17. The maximum atomic E-state index is 12.8. The number of likely N-dealkylation sites (tertiary alicyclic amines) is 1. The van der Waals surface area contributed by atoms with Gasteiger partial charge in [-0.05, 0) is 25.3 Å². The maximum absolute atomic E-state index is 12.8. The molecule has 3 aliphatic rings. The summed E-state index contributed by atoms with van der Waals surface area (Å²) < 4.78 is 5.78. The molecule has 0 aromatic heterocycles. The lowest BCUT2D eigenvalue weighted by Gasteiger charge is -2.29. The SMILES string of the molecule is CN(C)C(=O)CN=C(NC1CCN(C(=O)C2CCCC2)C1)NC1CCOc2ccccc21. The van der Waals surface area contributed by atoms with Gasteiger partial charge in [-0.2, -0.15) is 0 Å². The standard InChI is InChI=1S/C24H35N5O3/c1-28(2)22(30)15-25-24(27-20-12-14-32-21-10-6-5-9-19(20)21)26-18-11-13-29(16-18)23(31)17-7-3-4-8-17/h5-6,9-10,17-18,20H,3-4,7-8,11-16H2,1-2H3,(H2,25,26,27). The Hall–Kier alpha value is -2.77. The van der Waals surface area contributed by atoms with Crippen LogP contribution in [0.5, 0.6) is 5.75 Å². The second-order valence-electron chi connectivity index (χ2n) is 9.22. The lowest BCUT2D eigenvalue weighted by Crippen LogP contribution is -2.47. The third-order valence-corrected chi connectivity index (χ3v) is 6.69. The number of ether oxygens (including phenoxy) is 1. The van der Waals surface area contributed by atoms with Gasteiger partial charge in [0.05, 0.1) is 12.6 Å². The van der Waals surface area contributed by atoms with Gasteiger partial charge >= 0.3 is 0 Å². The van der Waals surface area contributed by atoms with Crippen molar-refractivity contribution >= 4 is 17.8 Å². The summed E-state index contributed by atoms with van der Waals surface area (Å²) in [5, 5.41) is 7.01. The Morgan fingerprint density at radius 2 is 1.91 bits per heavy atom. The Labute approximate surface area is 190 Å². The first-order chi connectivity index (χ1) is 15.5. The lowest BCUT2D eigenvalue weighted by atomic mass is 10.0. The predicted octanol–water partition coefficient (Wildman–Crippen LogP) is 1.92. The number of fused-ring (bicyclic) bond motifs is 1. The fraction of sp³-hybridized carbons (Fsp3) is 0.625. The molecule has 2 amide bonds. The number of nitrogens with zero attached hydrogens (tertiary/aromatic N) is 3. The molecule has 2 heterocycles. The van der Waals surface area contributed by atoms with Crippen molar-refractivity contribution in [1.29, 1.82) is 0 Å². The summed E-state index contributed by atoms with van der Waals surface area (Å²) in [6.07, 6.45) is 6.08. The number of carbonyl (C=O) groups excluding carboxylic acids is 2. The van der Waals surface area contributed by atoms with E-state index in [1.165, 1.54) is 12.8 Å². The molecule has 8 heteroatoms. The summed E-state index contributed by atoms with van der Waals surface area (Å²) in [5.74, 6) is 1.95. The number of likely N-dealkylation sites (N-methyl/N-ethyl adjacent to an activating group) is 1. The van der Waals surface area contributed by atoms with Crippen molar-refractivity contribution in [2.45, 2.75) is 50.6 Å². The molecular weight excluding hydrogens is 406 g/mol. The molecule has 0 radical (unpaired) electrons. The summed E-state index contributed by atoms with van der Waals surface area (Å²) >= 11 is 0. The number of benzene rings is 1. The first-order valence-corrected chi connectivity index (χ1v) is 11.8.